The van der Waals surface area contributed by atoms with E-state index in [0.29, 0.717) is 35.4 Å². The van der Waals surface area contributed by atoms with Crippen LogP contribution in [0.15, 0.2) is 30.3 Å². The SMILES string of the molecule is COc1cc2c(cc1OC)CN(C(=O)C(C)Oc1ccc(Cl)cc1C)CC2. The minimum atomic E-state index is -0.577. The van der Waals surface area contributed by atoms with Gasteiger partial charge in [-0.15, -0.1) is 0 Å². The minimum absolute atomic E-state index is 0.0372. The van der Waals surface area contributed by atoms with Crippen LogP contribution in [-0.2, 0) is 17.8 Å². The number of carbonyl (C=O) groups excluding carboxylic acids is 1. The van der Waals surface area contributed by atoms with Crippen molar-refractivity contribution in [1.82, 2.24) is 4.90 Å². The Morgan fingerprint density at radius 1 is 1.07 bits per heavy atom. The van der Waals surface area contributed by atoms with Crippen molar-refractivity contribution in [3.8, 4) is 17.2 Å². The Kier molecular flexibility index (Phi) is 5.80. The van der Waals surface area contributed by atoms with Crippen LogP contribution in [0.25, 0.3) is 0 Å². The van der Waals surface area contributed by atoms with E-state index in [0.717, 1.165) is 17.5 Å². The third kappa shape index (κ3) is 4.14. The van der Waals surface area contributed by atoms with Gasteiger partial charge in [0.05, 0.1) is 14.2 Å². The zero-order chi connectivity index (χ0) is 19.6. The van der Waals surface area contributed by atoms with Crippen LogP contribution in [0.3, 0.4) is 0 Å². The molecule has 0 saturated carbocycles. The van der Waals surface area contributed by atoms with Crippen molar-refractivity contribution in [2.45, 2.75) is 32.9 Å². The number of nitrogens with zero attached hydrogens (tertiary/aromatic N) is 1. The summed E-state index contributed by atoms with van der Waals surface area (Å²) < 4.78 is 16.6. The van der Waals surface area contributed by atoms with E-state index in [1.54, 1.807) is 33.3 Å². The van der Waals surface area contributed by atoms with Gasteiger partial charge in [0, 0.05) is 18.1 Å². The molecular weight excluding hydrogens is 366 g/mol. The molecule has 0 bridgehead atoms. The highest BCUT2D eigenvalue weighted by molar-refractivity contribution is 6.30. The largest absolute Gasteiger partial charge is 0.493 e. The Morgan fingerprint density at radius 3 is 2.37 bits per heavy atom. The van der Waals surface area contributed by atoms with E-state index >= 15 is 0 Å². The van der Waals surface area contributed by atoms with Gasteiger partial charge < -0.3 is 19.1 Å². The summed E-state index contributed by atoms with van der Waals surface area (Å²) in [5.41, 5.74) is 3.16. The predicted molar refractivity (Wildman–Crippen MR) is 105 cm³/mol. The number of amides is 1. The van der Waals surface area contributed by atoms with E-state index in [9.17, 15) is 4.79 Å². The van der Waals surface area contributed by atoms with Gasteiger partial charge in [-0.05, 0) is 67.3 Å². The molecule has 1 aliphatic rings. The van der Waals surface area contributed by atoms with Crippen molar-refractivity contribution < 1.29 is 19.0 Å². The van der Waals surface area contributed by atoms with E-state index in [2.05, 4.69) is 0 Å². The molecule has 0 spiro atoms. The quantitative estimate of drug-likeness (QED) is 0.775. The average Bonchev–Trinajstić information content (AvgIpc) is 2.67. The second-order valence-corrected chi connectivity index (χ2v) is 7.09. The number of ether oxygens (including phenoxy) is 3. The van der Waals surface area contributed by atoms with Crippen molar-refractivity contribution in [2.75, 3.05) is 20.8 Å². The van der Waals surface area contributed by atoms with E-state index in [-0.39, 0.29) is 5.91 Å². The monoisotopic (exact) mass is 389 g/mol. The Hall–Kier alpha value is -2.40. The highest BCUT2D eigenvalue weighted by Crippen LogP contribution is 2.33. The number of methoxy groups -OCH3 is 2. The number of benzene rings is 2. The predicted octanol–water partition coefficient (Wildman–Crippen LogP) is 4.02. The Morgan fingerprint density at radius 2 is 1.74 bits per heavy atom. The smallest absolute Gasteiger partial charge is 0.263 e. The van der Waals surface area contributed by atoms with Crippen molar-refractivity contribution in [3.63, 3.8) is 0 Å². The first-order valence-electron chi connectivity index (χ1n) is 8.88. The van der Waals surface area contributed by atoms with Gasteiger partial charge >= 0.3 is 0 Å². The number of hydrogen-bond acceptors (Lipinski definition) is 4. The Bertz CT molecular complexity index is 852. The molecule has 2 aromatic carbocycles. The molecule has 1 unspecified atom stereocenters. The minimum Gasteiger partial charge on any atom is -0.493 e. The fourth-order valence-corrected chi connectivity index (χ4v) is 3.54. The van der Waals surface area contributed by atoms with E-state index < -0.39 is 6.10 Å². The normalized spacial score (nSPS) is 14.3. The molecule has 3 rings (SSSR count). The molecule has 6 heteroatoms. The fraction of sp³-hybridized carbons (Fsp3) is 0.381. The number of carbonyl (C=O) groups is 1. The summed E-state index contributed by atoms with van der Waals surface area (Å²) in [6.45, 7) is 4.87. The van der Waals surface area contributed by atoms with Crippen molar-refractivity contribution in [2.24, 2.45) is 0 Å². The molecule has 1 amide bonds. The maximum absolute atomic E-state index is 12.9. The highest BCUT2D eigenvalue weighted by atomic mass is 35.5. The molecule has 0 N–H and O–H groups in total. The molecule has 1 aliphatic heterocycles. The van der Waals surface area contributed by atoms with E-state index in [1.165, 1.54) is 5.56 Å². The fourth-order valence-electron chi connectivity index (χ4n) is 3.31. The van der Waals surface area contributed by atoms with Crippen molar-refractivity contribution in [3.05, 3.63) is 52.0 Å². The summed E-state index contributed by atoms with van der Waals surface area (Å²) >= 11 is 5.98. The van der Waals surface area contributed by atoms with Crippen LogP contribution in [0.2, 0.25) is 5.02 Å². The molecule has 0 radical (unpaired) electrons. The maximum atomic E-state index is 12.9. The van der Waals surface area contributed by atoms with Crippen LogP contribution in [0.4, 0.5) is 0 Å². The van der Waals surface area contributed by atoms with Gasteiger partial charge in [-0.1, -0.05) is 11.6 Å². The number of rotatable bonds is 5. The lowest BCUT2D eigenvalue weighted by Gasteiger charge is -2.31. The highest BCUT2D eigenvalue weighted by Gasteiger charge is 2.27. The molecule has 27 heavy (non-hydrogen) atoms. The van der Waals surface area contributed by atoms with Gasteiger partial charge in [-0.2, -0.15) is 0 Å². The first kappa shape index (κ1) is 19.4. The second-order valence-electron chi connectivity index (χ2n) is 6.66. The summed E-state index contributed by atoms with van der Waals surface area (Å²) in [6, 6.07) is 9.32. The first-order valence-corrected chi connectivity index (χ1v) is 9.26. The molecular formula is C21H24ClNO4. The lowest BCUT2D eigenvalue weighted by atomic mass is 9.98. The molecule has 1 atom stereocenters. The van der Waals surface area contributed by atoms with Gasteiger partial charge in [-0.3, -0.25) is 4.79 Å². The Balaban J connectivity index is 1.73. The van der Waals surface area contributed by atoms with Crippen molar-refractivity contribution >= 4 is 17.5 Å². The summed E-state index contributed by atoms with van der Waals surface area (Å²) in [5, 5.41) is 0.649. The average molecular weight is 390 g/mol. The van der Waals surface area contributed by atoms with Crippen LogP contribution in [0.5, 0.6) is 17.2 Å². The standard InChI is InChI=1S/C21H24ClNO4/c1-13-9-17(22)5-6-18(13)27-14(2)21(24)23-8-7-15-10-19(25-3)20(26-4)11-16(15)12-23/h5-6,9-11,14H,7-8,12H2,1-4H3. The van der Waals surface area contributed by atoms with Crippen LogP contribution in [0, 0.1) is 6.92 Å². The van der Waals surface area contributed by atoms with Crippen LogP contribution < -0.4 is 14.2 Å². The van der Waals surface area contributed by atoms with Gasteiger partial charge in [0.1, 0.15) is 5.75 Å². The van der Waals surface area contributed by atoms with Gasteiger partial charge in [0.2, 0.25) is 0 Å². The number of halogens is 1. The molecule has 0 aliphatic carbocycles. The third-order valence-corrected chi connectivity index (χ3v) is 5.05. The number of aryl methyl sites for hydroxylation is 1. The van der Waals surface area contributed by atoms with Gasteiger partial charge in [0.15, 0.2) is 17.6 Å². The summed E-state index contributed by atoms with van der Waals surface area (Å²) in [4.78, 5) is 14.7. The zero-order valence-electron chi connectivity index (χ0n) is 16.0. The molecule has 0 aromatic heterocycles. The lowest BCUT2D eigenvalue weighted by molar-refractivity contribution is -0.138. The zero-order valence-corrected chi connectivity index (χ0v) is 16.8. The number of fused-ring (bicyclic) bond motifs is 1. The molecule has 0 saturated heterocycles. The molecule has 0 fully saturated rings. The van der Waals surface area contributed by atoms with E-state index in [4.69, 9.17) is 25.8 Å². The topological polar surface area (TPSA) is 48.0 Å². The summed E-state index contributed by atoms with van der Waals surface area (Å²) in [5.74, 6) is 2.02. The van der Waals surface area contributed by atoms with Crippen LogP contribution in [0.1, 0.15) is 23.6 Å². The van der Waals surface area contributed by atoms with Crippen molar-refractivity contribution in [1.29, 1.82) is 0 Å². The Labute approximate surface area is 164 Å². The van der Waals surface area contributed by atoms with Gasteiger partial charge in [0.25, 0.3) is 5.91 Å². The number of hydrogen-bond donors (Lipinski definition) is 0. The summed E-state index contributed by atoms with van der Waals surface area (Å²) in [6.07, 6.45) is 0.195. The van der Waals surface area contributed by atoms with E-state index in [1.807, 2.05) is 30.0 Å². The summed E-state index contributed by atoms with van der Waals surface area (Å²) in [7, 11) is 3.24. The van der Waals surface area contributed by atoms with Gasteiger partial charge in [-0.25, -0.2) is 0 Å². The molecule has 2 aromatic rings. The maximum Gasteiger partial charge on any atom is 0.263 e. The van der Waals surface area contributed by atoms with Crippen LogP contribution in [-0.4, -0.2) is 37.7 Å². The lowest BCUT2D eigenvalue weighted by Crippen LogP contribution is -2.43. The first-order chi connectivity index (χ1) is 12.9. The van der Waals surface area contributed by atoms with Crippen LogP contribution >= 0.6 is 11.6 Å². The third-order valence-electron chi connectivity index (χ3n) is 4.82. The molecule has 144 valence electrons. The molecule has 1 heterocycles. The second kappa shape index (κ2) is 8.09. The molecule has 5 nitrogen and oxygen atoms in total.